The van der Waals surface area contributed by atoms with Crippen LogP contribution in [0, 0.1) is 0 Å². The lowest BCUT2D eigenvalue weighted by molar-refractivity contribution is -0.175. The Labute approximate surface area is 127 Å². The van der Waals surface area contributed by atoms with E-state index in [0.29, 0.717) is 23.1 Å². The first-order valence-electron chi connectivity index (χ1n) is 7.01. The third-order valence-corrected chi connectivity index (χ3v) is 3.93. The predicted octanol–water partition coefficient (Wildman–Crippen LogP) is 3.28. The molecule has 0 amide bonds. The summed E-state index contributed by atoms with van der Waals surface area (Å²) in [6.07, 6.45) is 4.07. The van der Waals surface area contributed by atoms with E-state index in [4.69, 9.17) is 9.47 Å². The maximum absolute atomic E-state index is 12.4. The molecule has 3 aliphatic rings. The van der Waals surface area contributed by atoms with Crippen molar-refractivity contribution in [1.82, 2.24) is 0 Å². The summed E-state index contributed by atoms with van der Waals surface area (Å²) in [7, 11) is 0. The van der Waals surface area contributed by atoms with Crippen molar-refractivity contribution in [2.24, 2.45) is 0 Å². The van der Waals surface area contributed by atoms with Gasteiger partial charge in [0, 0.05) is 12.0 Å². The summed E-state index contributed by atoms with van der Waals surface area (Å²) in [5.41, 5.74) is 2.35. The number of carbonyl (C=O) groups excluding carboxylic acids is 2. The number of hydrogen-bond acceptors (Lipinski definition) is 4. The molecule has 0 atom stereocenters. The first kappa shape index (κ1) is 12.8. The normalized spacial score (nSPS) is 18.0. The average molecular weight is 292 g/mol. The van der Waals surface area contributed by atoms with E-state index in [1.165, 1.54) is 0 Å². The lowest BCUT2D eigenvalue weighted by Gasteiger charge is -2.34. The Hall–Kier alpha value is -2.88. The molecular formula is C18H12O4. The number of esters is 2. The second-order valence-corrected chi connectivity index (χ2v) is 5.30. The molecule has 4 heteroatoms. The largest absolute Gasteiger partial charge is 0.414 e. The van der Waals surface area contributed by atoms with Crippen LogP contribution in [0.2, 0.25) is 0 Å². The van der Waals surface area contributed by atoms with Gasteiger partial charge in [-0.25, -0.2) is 9.59 Å². The van der Waals surface area contributed by atoms with E-state index in [2.05, 4.69) is 0 Å². The van der Waals surface area contributed by atoms with E-state index in [1.54, 1.807) is 24.3 Å². The summed E-state index contributed by atoms with van der Waals surface area (Å²) >= 11 is 0. The van der Waals surface area contributed by atoms with E-state index < -0.39 is 17.7 Å². The quantitative estimate of drug-likeness (QED) is 0.699. The fraction of sp³-hybridized carbons (Fsp3) is 0.111. The van der Waals surface area contributed by atoms with Crippen LogP contribution in [0.1, 0.15) is 38.3 Å². The minimum absolute atomic E-state index is 0.294. The molecule has 5 rings (SSSR count). The van der Waals surface area contributed by atoms with Crippen LogP contribution in [0.25, 0.3) is 6.08 Å². The molecule has 2 aromatic rings. The molecule has 4 nitrogen and oxygen atoms in total. The fourth-order valence-electron chi connectivity index (χ4n) is 2.81. The van der Waals surface area contributed by atoms with Crippen LogP contribution in [0.15, 0.2) is 54.6 Å². The van der Waals surface area contributed by atoms with Crippen LogP contribution in [-0.4, -0.2) is 11.9 Å². The number of hydrogen-bond donors (Lipinski definition) is 0. The number of fused-ring (bicyclic) bond motifs is 5. The molecule has 0 aromatic heterocycles. The molecule has 2 aliphatic heterocycles. The van der Waals surface area contributed by atoms with Gasteiger partial charge in [0.05, 0.1) is 11.1 Å². The molecule has 2 bridgehead atoms. The number of rotatable bonds is 0. The van der Waals surface area contributed by atoms with E-state index in [1.807, 2.05) is 36.4 Å². The van der Waals surface area contributed by atoms with E-state index >= 15 is 0 Å². The van der Waals surface area contributed by atoms with Crippen LogP contribution >= 0.6 is 0 Å². The second kappa shape index (κ2) is 4.56. The van der Waals surface area contributed by atoms with Crippen molar-refractivity contribution < 1.29 is 19.1 Å². The lowest BCUT2D eigenvalue weighted by atomic mass is 9.91. The Morgan fingerprint density at radius 1 is 0.818 bits per heavy atom. The summed E-state index contributed by atoms with van der Waals surface area (Å²) in [6.45, 7) is 0. The van der Waals surface area contributed by atoms with Gasteiger partial charge >= 0.3 is 11.9 Å². The molecule has 2 aromatic carbocycles. The van der Waals surface area contributed by atoms with Gasteiger partial charge in [0.1, 0.15) is 0 Å². The summed E-state index contributed by atoms with van der Waals surface area (Å²) < 4.78 is 11.3. The molecule has 0 N–H and O–H groups in total. The van der Waals surface area contributed by atoms with Crippen molar-refractivity contribution in [3.63, 3.8) is 0 Å². The van der Waals surface area contributed by atoms with Crippen LogP contribution in [0.3, 0.4) is 0 Å². The maximum Gasteiger partial charge on any atom is 0.341 e. The minimum atomic E-state index is -1.41. The topological polar surface area (TPSA) is 52.6 Å². The monoisotopic (exact) mass is 292 g/mol. The Bertz CT molecular complexity index is 765. The van der Waals surface area contributed by atoms with Gasteiger partial charge in [-0.2, -0.15) is 0 Å². The first-order valence-corrected chi connectivity index (χ1v) is 7.01. The van der Waals surface area contributed by atoms with Gasteiger partial charge in [-0.05, 0) is 29.8 Å². The molecule has 108 valence electrons. The Balaban J connectivity index is 1.89. The SMILES string of the molecule is O=C1OC2(CC=Cc3ccccc32)OC(=O)c2ccc1cc2. The lowest BCUT2D eigenvalue weighted by Crippen LogP contribution is -2.38. The molecule has 0 radical (unpaired) electrons. The van der Waals surface area contributed by atoms with Gasteiger partial charge in [0.25, 0.3) is 5.79 Å². The Morgan fingerprint density at radius 3 is 2.05 bits per heavy atom. The van der Waals surface area contributed by atoms with Crippen molar-refractivity contribution in [3.8, 4) is 0 Å². The zero-order valence-electron chi connectivity index (χ0n) is 11.6. The van der Waals surface area contributed by atoms with Crippen molar-refractivity contribution in [2.75, 3.05) is 0 Å². The van der Waals surface area contributed by atoms with E-state index in [9.17, 15) is 9.59 Å². The Kier molecular flexibility index (Phi) is 2.66. The molecule has 22 heavy (non-hydrogen) atoms. The van der Waals surface area contributed by atoms with Crippen molar-refractivity contribution in [2.45, 2.75) is 12.2 Å². The molecule has 1 spiro atoms. The first-order chi connectivity index (χ1) is 10.7. The predicted molar refractivity (Wildman–Crippen MR) is 79.0 cm³/mol. The third-order valence-electron chi connectivity index (χ3n) is 3.93. The Morgan fingerprint density at radius 2 is 1.41 bits per heavy atom. The number of ether oxygens (including phenoxy) is 2. The molecule has 0 unspecified atom stereocenters. The van der Waals surface area contributed by atoms with Crippen LogP contribution in [-0.2, 0) is 15.3 Å². The van der Waals surface area contributed by atoms with Gasteiger partial charge in [-0.15, -0.1) is 0 Å². The zero-order chi connectivity index (χ0) is 15.2. The zero-order valence-corrected chi connectivity index (χ0v) is 11.6. The highest BCUT2D eigenvalue weighted by Gasteiger charge is 2.44. The van der Waals surface area contributed by atoms with E-state index in [-0.39, 0.29) is 0 Å². The molecule has 1 aliphatic carbocycles. The highest BCUT2D eigenvalue weighted by atomic mass is 16.7. The van der Waals surface area contributed by atoms with Gasteiger partial charge in [-0.3, -0.25) is 0 Å². The highest BCUT2D eigenvalue weighted by molar-refractivity contribution is 5.95. The molecule has 2 heterocycles. The van der Waals surface area contributed by atoms with Crippen LogP contribution in [0.4, 0.5) is 0 Å². The molecule has 0 fully saturated rings. The molecule has 0 saturated carbocycles. The van der Waals surface area contributed by atoms with Gasteiger partial charge in [0.2, 0.25) is 0 Å². The smallest absolute Gasteiger partial charge is 0.341 e. The maximum atomic E-state index is 12.4. The number of benzene rings is 2. The fourth-order valence-corrected chi connectivity index (χ4v) is 2.81. The number of carbonyl (C=O) groups is 2. The van der Waals surface area contributed by atoms with E-state index in [0.717, 1.165) is 5.56 Å². The van der Waals surface area contributed by atoms with Gasteiger partial charge < -0.3 is 9.47 Å². The van der Waals surface area contributed by atoms with Crippen LogP contribution < -0.4 is 0 Å². The summed E-state index contributed by atoms with van der Waals surface area (Å²) in [5, 5.41) is 0. The van der Waals surface area contributed by atoms with Crippen molar-refractivity contribution in [1.29, 1.82) is 0 Å². The van der Waals surface area contributed by atoms with Crippen LogP contribution in [0.5, 0.6) is 0 Å². The van der Waals surface area contributed by atoms with Gasteiger partial charge in [0.15, 0.2) is 0 Å². The van der Waals surface area contributed by atoms with Gasteiger partial charge in [-0.1, -0.05) is 36.4 Å². The van der Waals surface area contributed by atoms with Crippen molar-refractivity contribution in [3.05, 3.63) is 76.9 Å². The highest BCUT2D eigenvalue weighted by Crippen LogP contribution is 2.40. The molecule has 0 saturated heterocycles. The summed E-state index contributed by atoms with van der Waals surface area (Å²) in [4.78, 5) is 24.8. The third kappa shape index (κ3) is 1.84. The standard InChI is InChI=1S/C18H12O4/c19-16-13-7-8-14(10-9-13)17(20)22-18(21-16)11-3-5-12-4-1-2-6-15(12)18/h1-10H,11H2. The minimum Gasteiger partial charge on any atom is -0.414 e. The summed E-state index contributed by atoms with van der Waals surface area (Å²) in [5.74, 6) is -2.42. The van der Waals surface area contributed by atoms with Crippen molar-refractivity contribution >= 4 is 18.0 Å². The average Bonchev–Trinajstić information content (AvgIpc) is 2.62. The second-order valence-electron chi connectivity index (χ2n) is 5.30. The summed E-state index contributed by atoms with van der Waals surface area (Å²) in [6, 6.07) is 13.7. The molecular weight excluding hydrogens is 280 g/mol.